The van der Waals surface area contributed by atoms with Crippen LogP contribution in [0.15, 0.2) is 54.6 Å². The highest BCUT2D eigenvalue weighted by molar-refractivity contribution is 5.97. The first-order valence-corrected chi connectivity index (χ1v) is 10.2. The predicted octanol–water partition coefficient (Wildman–Crippen LogP) is 4.20. The van der Waals surface area contributed by atoms with Gasteiger partial charge in [-0.2, -0.15) is 8.78 Å². The summed E-state index contributed by atoms with van der Waals surface area (Å²) in [4.78, 5) is 27.4. The molecule has 2 aromatic rings. The molecule has 0 saturated carbocycles. The van der Waals surface area contributed by atoms with Crippen LogP contribution in [0.2, 0.25) is 0 Å². The van der Waals surface area contributed by atoms with E-state index in [1.54, 1.807) is 6.07 Å². The number of benzene rings is 2. The van der Waals surface area contributed by atoms with Crippen molar-refractivity contribution in [2.45, 2.75) is 44.8 Å². The number of likely N-dealkylation sites (tertiary alicyclic amines) is 1. The van der Waals surface area contributed by atoms with Gasteiger partial charge in [-0.05, 0) is 37.0 Å². The molecular weight excluding hydrogens is 390 g/mol. The Morgan fingerprint density at radius 1 is 1.07 bits per heavy atom. The molecule has 160 valence electrons. The number of carbonyl (C=O) groups excluding carboxylic acids is 2. The lowest BCUT2D eigenvalue weighted by Gasteiger charge is -2.34. The lowest BCUT2D eigenvalue weighted by Crippen LogP contribution is -2.47. The highest BCUT2D eigenvalue weighted by Crippen LogP contribution is 2.25. The molecule has 1 fully saturated rings. The number of halogens is 2. The summed E-state index contributed by atoms with van der Waals surface area (Å²) in [5, 5.41) is 2.88. The Bertz CT molecular complexity index is 853. The van der Waals surface area contributed by atoms with Crippen molar-refractivity contribution in [3.8, 4) is 5.75 Å². The van der Waals surface area contributed by atoms with Crippen molar-refractivity contribution in [3.63, 3.8) is 0 Å². The molecule has 0 bridgehead atoms. The van der Waals surface area contributed by atoms with Crippen LogP contribution in [-0.4, -0.2) is 42.5 Å². The zero-order chi connectivity index (χ0) is 21.5. The summed E-state index contributed by atoms with van der Waals surface area (Å²) < 4.78 is 29.6. The Hall–Kier alpha value is -2.96. The largest absolute Gasteiger partial charge is 0.434 e. The molecule has 1 N–H and O–H groups in total. The first-order valence-electron chi connectivity index (χ1n) is 10.2. The second-order valence-corrected chi connectivity index (χ2v) is 7.32. The first kappa shape index (κ1) is 21.7. The second kappa shape index (κ2) is 10.2. The summed E-state index contributed by atoms with van der Waals surface area (Å²) in [5.74, 6) is -0.669. The van der Waals surface area contributed by atoms with Crippen molar-refractivity contribution >= 4 is 11.8 Å². The molecule has 0 radical (unpaired) electrons. The number of hydrogen-bond donors (Lipinski definition) is 1. The average molecular weight is 416 g/mol. The van der Waals surface area contributed by atoms with Gasteiger partial charge in [-0.3, -0.25) is 9.59 Å². The summed E-state index contributed by atoms with van der Waals surface area (Å²) in [6, 6.07) is 15.5. The summed E-state index contributed by atoms with van der Waals surface area (Å²) >= 11 is 0. The molecular formula is C23H26F2N2O3. The van der Waals surface area contributed by atoms with E-state index in [1.807, 2.05) is 42.2 Å². The Labute approximate surface area is 175 Å². The fourth-order valence-corrected chi connectivity index (χ4v) is 3.82. The average Bonchev–Trinajstić information content (AvgIpc) is 2.75. The van der Waals surface area contributed by atoms with Gasteiger partial charge in [0.2, 0.25) is 5.91 Å². The van der Waals surface area contributed by atoms with Crippen molar-refractivity contribution in [2.75, 3.05) is 13.1 Å². The number of hydrogen-bond acceptors (Lipinski definition) is 3. The molecule has 5 nitrogen and oxygen atoms in total. The molecule has 1 aliphatic heterocycles. The fraction of sp³-hybridized carbons (Fsp3) is 0.391. The van der Waals surface area contributed by atoms with Crippen LogP contribution < -0.4 is 10.1 Å². The van der Waals surface area contributed by atoms with E-state index >= 15 is 0 Å². The molecule has 0 aliphatic carbocycles. The van der Waals surface area contributed by atoms with Gasteiger partial charge in [0.25, 0.3) is 5.91 Å². The quantitative estimate of drug-likeness (QED) is 0.736. The minimum atomic E-state index is -3.00. The van der Waals surface area contributed by atoms with Gasteiger partial charge < -0.3 is 15.0 Å². The van der Waals surface area contributed by atoms with Crippen LogP contribution in [0.4, 0.5) is 8.78 Å². The molecule has 2 aromatic carbocycles. The van der Waals surface area contributed by atoms with E-state index in [0.29, 0.717) is 25.9 Å². The van der Waals surface area contributed by atoms with Gasteiger partial charge in [0.1, 0.15) is 5.75 Å². The second-order valence-electron chi connectivity index (χ2n) is 7.32. The number of alkyl halides is 2. The van der Waals surface area contributed by atoms with Gasteiger partial charge in [0.15, 0.2) is 0 Å². The smallest absolute Gasteiger partial charge is 0.387 e. The summed E-state index contributed by atoms with van der Waals surface area (Å²) in [6.07, 6.45) is 1.95. The van der Waals surface area contributed by atoms with Gasteiger partial charge in [-0.1, -0.05) is 49.4 Å². The van der Waals surface area contributed by atoms with Crippen molar-refractivity contribution in [3.05, 3.63) is 65.7 Å². The van der Waals surface area contributed by atoms with E-state index in [4.69, 9.17) is 0 Å². The Morgan fingerprint density at radius 2 is 1.70 bits per heavy atom. The Balaban J connectivity index is 1.57. The molecule has 30 heavy (non-hydrogen) atoms. The molecule has 1 atom stereocenters. The van der Waals surface area contributed by atoms with Crippen LogP contribution >= 0.6 is 0 Å². The number of nitrogens with one attached hydrogen (secondary N) is 1. The monoisotopic (exact) mass is 416 g/mol. The molecule has 1 heterocycles. The van der Waals surface area contributed by atoms with E-state index in [-0.39, 0.29) is 29.2 Å². The van der Waals surface area contributed by atoms with Gasteiger partial charge in [0, 0.05) is 19.1 Å². The minimum absolute atomic E-state index is 0.0754. The van der Waals surface area contributed by atoms with Crippen molar-refractivity contribution in [2.24, 2.45) is 0 Å². The molecule has 7 heteroatoms. The molecule has 2 amide bonds. The van der Waals surface area contributed by atoms with Gasteiger partial charge in [-0.15, -0.1) is 0 Å². The SMILES string of the molecule is CCC(C(=O)N1CCC(NC(=O)c2ccccc2OC(F)F)CC1)c1ccccc1. The summed E-state index contributed by atoms with van der Waals surface area (Å²) in [6.45, 7) is 0.0933. The Morgan fingerprint density at radius 3 is 2.33 bits per heavy atom. The number of nitrogens with zero attached hydrogens (tertiary/aromatic N) is 1. The van der Waals surface area contributed by atoms with Crippen LogP contribution in [0, 0.1) is 0 Å². The zero-order valence-corrected chi connectivity index (χ0v) is 16.9. The van der Waals surface area contributed by atoms with Crippen LogP contribution in [0.3, 0.4) is 0 Å². The molecule has 0 spiro atoms. The molecule has 1 aliphatic rings. The summed E-state index contributed by atoms with van der Waals surface area (Å²) in [7, 11) is 0. The lowest BCUT2D eigenvalue weighted by atomic mass is 9.93. The Kier molecular flexibility index (Phi) is 7.38. The third-order valence-electron chi connectivity index (χ3n) is 5.40. The fourth-order valence-electron chi connectivity index (χ4n) is 3.82. The van der Waals surface area contributed by atoms with Gasteiger partial charge >= 0.3 is 6.61 Å². The van der Waals surface area contributed by atoms with Crippen molar-refractivity contribution in [1.29, 1.82) is 0 Å². The van der Waals surface area contributed by atoms with Crippen molar-refractivity contribution < 1.29 is 23.1 Å². The third kappa shape index (κ3) is 5.34. The molecule has 3 rings (SSSR count). The van der Waals surface area contributed by atoms with Crippen LogP contribution in [0.1, 0.15) is 48.0 Å². The van der Waals surface area contributed by atoms with E-state index < -0.39 is 12.5 Å². The maximum absolute atomic E-state index is 13.0. The van der Waals surface area contributed by atoms with Crippen LogP contribution in [-0.2, 0) is 4.79 Å². The van der Waals surface area contributed by atoms with E-state index in [1.165, 1.54) is 18.2 Å². The number of rotatable bonds is 7. The zero-order valence-electron chi connectivity index (χ0n) is 16.9. The normalized spacial score (nSPS) is 15.7. The number of para-hydroxylation sites is 1. The minimum Gasteiger partial charge on any atom is -0.434 e. The topological polar surface area (TPSA) is 58.6 Å². The maximum Gasteiger partial charge on any atom is 0.387 e. The number of ether oxygens (including phenoxy) is 1. The molecule has 1 saturated heterocycles. The van der Waals surface area contributed by atoms with Gasteiger partial charge in [-0.25, -0.2) is 0 Å². The van der Waals surface area contributed by atoms with E-state index in [2.05, 4.69) is 10.1 Å². The lowest BCUT2D eigenvalue weighted by molar-refractivity contribution is -0.134. The van der Waals surface area contributed by atoms with Crippen LogP contribution in [0.5, 0.6) is 5.75 Å². The predicted molar refractivity (Wildman–Crippen MR) is 110 cm³/mol. The van der Waals surface area contributed by atoms with Gasteiger partial charge in [0.05, 0.1) is 11.5 Å². The molecule has 0 aromatic heterocycles. The number of piperidine rings is 1. The van der Waals surface area contributed by atoms with E-state index in [0.717, 1.165) is 12.0 Å². The highest BCUT2D eigenvalue weighted by Gasteiger charge is 2.29. The molecule has 1 unspecified atom stereocenters. The van der Waals surface area contributed by atoms with E-state index in [9.17, 15) is 18.4 Å². The number of amides is 2. The summed E-state index contributed by atoms with van der Waals surface area (Å²) in [5.41, 5.74) is 1.09. The highest BCUT2D eigenvalue weighted by atomic mass is 19.3. The third-order valence-corrected chi connectivity index (χ3v) is 5.40. The number of carbonyl (C=O) groups is 2. The standard InChI is InChI=1S/C23H26F2N2O3/c1-2-18(16-8-4-3-5-9-16)22(29)27-14-12-17(13-15-27)26-21(28)19-10-6-7-11-20(19)30-23(24)25/h3-11,17-18,23H,2,12-15H2,1H3,(H,26,28). The van der Waals surface area contributed by atoms with Crippen LogP contribution in [0.25, 0.3) is 0 Å². The maximum atomic E-state index is 13.0. The van der Waals surface area contributed by atoms with Crippen molar-refractivity contribution in [1.82, 2.24) is 10.2 Å². The first-order chi connectivity index (χ1) is 14.5.